The van der Waals surface area contributed by atoms with Gasteiger partial charge in [-0.25, -0.2) is 4.98 Å². The second-order valence-electron chi connectivity index (χ2n) is 3.50. The van der Waals surface area contributed by atoms with Crippen LogP contribution in [0.2, 0.25) is 0 Å². The molecule has 88 valence electrons. The van der Waals surface area contributed by atoms with Gasteiger partial charge in [0.15, 0.2) is 0 Å². The lowest BCUT2D eigenvalue weighted by Crippen LogP contribution is -1.98. The van der Waals surface area contributed by atoms with E-state index in [4.69, 9.17) is 15.2 Å². The summed E-state index contributed by atoms with van der Waals surface area (Å²) in [5.41, 5.74) is 6.37. The Morgan fingerprint density at radius 1 is 1.12 bits per heavy atom. The monoisotopic (exact) mass is 231 g/mol. The van der Waals surface area contributed by atoms with E-state index in [1.807, 2.05) is 19.1 Å². The third-order valence-corrected chi connectivity index (χ3v) is 2.10. The van der Waals surface area contributed by atoms with E-state index in [-0.39, 0.29) is 6.01 Å². The number of aromatic nitrogens is 2. The number of rotatable bonds is 3. The average molecular weight is 231 g/mol. The van der Waals surface area contributed by atoms with Gasteiger partial charge in [-0.2, -0.15) is 4.98 Å². The highest BCUT2D eigenvalue weighted by Gasteiger charge is 2.03. The Hall–Kier alpha value is -2.30. The van der Waals surface area contributed by atoms with Gasteiger partial charge in [-0.15, -0.1) is 0 Å². The summed E-state index contributed by atoms with van der Waals surface area (Å²) < 4.78 is 10.6. The Morgan fingerprint density at radius 2 is 1.88 bits per heavy atom. The van der Waals surface area contributed by atoms with Crippen LogP contribution in [0.15, 0.2) is 30.3 Å². The molecule has 0 aliphatic rings. The highest BCUT2D eigenvalue weighted by Crippen LogP contribution is 2.23. The number of hydrogen-bond acceptors (Lipinski definition) is 5. The van der Waals surface area contributed by atoms with Crippen LogP contribution in [0.25, 0.3) is 0 Å². The number of hydrogen-bond donors (Lipinski definition) is 1. The van der Waals surface area contributed by atoms with Gasteiger partial charge in [0, 0.05) is 17.8 Å². The Kier molecular flexibility index (Phi) is 3.09. The summed E-state index contributed by atoms with van der Waals surface area (Å²) in [4.78, 5) is 8.12. The summed E-state index contributed by atoms with van der Waals surface area (Å²) in [6.45, 7) is 1.83. The molecule has 2 N–H and O–H groups in total. The van der Waals surface area contributed by atoms with Crippen molar-refractivity contribution in [1.82, 2.24) is 9.97 Å². The van der Waals surface area contributed by atoms with Gasteiger partial charge < -0.3 is 15.2 Å². The topological polar surface area (TPSA) is 70.3 Å². The fourth-order valence-corrected chi connectivity index (χ4v) is 1.38. The molecule has 0 amide bonds. The molecule has 1 heterocycles. The van der Waals surface area contributed by atoms with E-state index in [9.17, 15) is 0 Å². The second-order valence-corrected chi connectivity index (χ2v) is 3.50. The molecule has 1 aromatic carbocycles. The Morgan fingerprint density at radius 3 is 2.59 bits per heavy atom. The number of anilines is 1. The number of ether oxygens (including phenoxy) is 2. The van der Waals surface area contributed by atoms with Gasteiger partial charge in [0.1, 0.15) is 17.3 Å². The summed E-state index contributed by atoms with van der Waals surface area (Å²) in [5.74, 6) is 1.70. The van der Waals surface area contributed by atoms with E-state index in [0.717, 1.165) is 5.69 Å². The molecule has 0 radical (unpaired) electrons. The maximum atomic E-state index is 5.61. The first-order valence-corrected chi connectivity index (χ1v) is 5.10. The molecular formula is C12H13N3O2. The fourth-order valence-electron chi connectivity index (χ4n) is 1.38. The largest absolute Gasteiger partial charge is 0.497 e. The van der Waals surface area contributed by atoms with Gasteiger partial charge in [0.25, 0.3) is 0 Å². The lowest BCUT2D eigenvalue weighted by molar-refractivity contribution is 0.404. The molecule has 5 nitrogen and oxygen atoms in total. The molecule has 5 heteroatoms. The van der Waals surface area contributed by atoms with Crippen LogP contribution < -0.4 is 15.2 Å². The predicted molar refractivity (Wildman–Crippen MR) is 64.2 cm³/mol. The molecule has 0 saturated carbocycles. The minimum absolute atomic E-state index is 0.232. The molecule has 0 fully saturated rings. The van der Waals surface area contributed by atoms with Crippen molar-refractivity contribution in [3.8, 4) is 17.5 Å². The minimum Gasteiger partial charge on any atom is -0.497 e. The zero-order chi connectivity index (χ0) is 12.3. The van der Waals surface area contributed by atoms with Crippen molar-refractivity contribution in [1.29, 1.82) is 0 Å². The van der Waals surface area contributed by atoms with Crippen molar-refractivity contribution in [3.63, 3.8) is 0 Å². The summed E-state index contributed by atoms with van der Waals surface area (Å²) in [6.07, 6.45) is 0. The Balaban J connectivity index is 2.24. The zero-order valence-electron chi connectivity index (χ0n) is 9.68. The lowest BCUT2D eigenvalue weighted by atomic mass is 10.3. The summed E-state index contributed by atoms with van der Waals surface area (Å²) in [5, 5.41) is 0. The third kappa shape index (κ3) is 2.84. The van der Waals surface area contributed by atoms with E-state index < -0.39 is 0 Å². The van der Waals surface area contributed by atoms with E-state index >= 15 is 0 Å². The fraction of sp³-hybridized carbons (Fsp3) is 0.167. The molecule has 17 heavy (non-hydrogen) atoms. The first kappa shape index (κ1) is 11.2. The first-order valence-electron chi connectivity index (χ1n) is 5.10. The molecule has 2 rings (SSSR count). The molecule has 1 aromatic heterocycles. The number of benzene rings is 1. The number of nitrogens with zero attached hydrogens (tertiary/aromatic N) is 2. The standard InChI is InChI=1S/C12H13N3O2/c1-8-6-11(13)15-12(14-8)17-10-5-3-4-9(7-10)16-2/h3-7H,1-2H3,(H2,13,14,15). The quantitative estimate of drug-likeness (QED) is 0.876. The van der Waals surface area contributed by atoms with Gasteiger partial charge in [-0.1, -0.05) is 6.07 Å². The number of nitrogens with two attached hydrogens (primary N) is 1. The Labute approximate surface area is 99.2 Å². The smallest absolute Gasteiger partial charge is 0.324 e. The normalized spacial score (nSPS) is 10.0. The van der Waals surface area contributed by atoms with Crippen molar-refractivity contribution < 1.29 is 9.47 Å². The summed E-state index contributed by atoms with van der Waals surface area (Å²) >= 11 is 0. The lowest BCUT2D eigenvalue weighted by Gasteiger charge is -2.06. The van der Waals surface area contributed by atoms with Crippen molar-refractivity contribution in [2.24, 2.45) is 0 Å². The molecule has 2 aromatic rings. The van der Waals surface area contributed by atoms with Crippen LogP contribution in [0, 0.1) is 6.92 Å². The van der Waals surface area contributed by atoms with E-state index in [1.165, 1.54) is 0 Å². The SMILES string of the molecule is COc1cccc(Oc2nc(C)cc(N)n2)c1. The van der Waals surface area contributed by atoms with Crippen LogP contribution >= 0.6 is 0 Å². The molecule has 0 aliphatic carbocycles. The molecule has 0 spiro atoms. The van der Waals surface area contributed by atoms with E-state index in [1.54, 1.807) is 25.3 Å². The van der Waals surface area contributed by atoms with Crippen LogP contribution in [0.1, 0.15) is 5.69 Å². The molecule has 0 unspecified atom stereocenters. The van der Waals surface area contributed by atoms with Crippen LogP contribution in [0.5, 0.6) is 17.5 Å². The molecular weight excluding hydrogens is 218 g/mol. The van der Waals surface area contributed by atoms with Gasteiger partial charge in [0.05, 0.1) is 7.11 Å². The Bertz CT molecular complexity index is 509. The van der Waals surface area contributed by atoms with Crippen LogP contribution in [0.3, 0.4) is 0 Å². The van der Waals surface area contributed by atoms with Crippen LogP contribution in [-0.4, -0.2) is 17.1 Å². The second kappa shape index (κ2) is 4.69. The number of methoxy groups -OCH3 is 1. The maximum Gasteiger partial charge on any atom is 0.324 e. The van der Waals surface area contributed by atoms with Gasteiger partial charge >= 0.3 is 6.01 Å². The molecule has 0 aliphatic heterocycles. The predicted octanol–water partition coefficient (Wildman–Crippen LogP) is 2.17. The number of aryl methyl sites for hydroxylation is 1. The molecule has 0 atom stereocenters. The summed E-state index contributed by atoms with van der Waals surface area (Å²) in [7, 11) is 1.60. The number of nitrogen functional groups attached to an aromatic ring is 1. The van der Waals surface area contributed by atoms with Gasteiger partial charge in [-0.3, -0.25) is 0 Å². The van der Waals surface area contributed by atoms with Crippen molar-refractivity contribution in [2.75, 3.05) is 12.8 Å². The molecule has 0 bridgehead atoms. The zero-order valence-corrected chi connectivity index (χ0v) is 9.68. The van der Waals surface area contributed by atoms with Crippen molar-refractivity contribution in [3.05, 3.63) is 36.0 Å². The van der Waals surface area contributed by atoms with Crippen molar-refractivity contribution in [2.45, 2.75) is 6.92 Å². The van der Waals surface area contributed by atoms with Crippen LogP contribution in [-0.2, 0) is 0 Å². The van der Waals surface area contributed by atoms with Gasteiger partial charge in [-0.05, 0) is 19.1 Å². The third-order valence-electron chi connectivity index (χ3n) is 2.10. The highest BCUT2D eigenvalue weighted by molar-refractivity contribution is 5.36. The van der Waals surface area contributed by atoms with Gasteiger partial charge in [0.2, 0.25) is 0 Å². The average Bonchev–Trinajstić information content (AvgIpc) is 2.28. The van der Waals surface area contributed by atoms with Crippen molar-refractivity contribution >= 4 is 5.82 Å². The molecule has 0 saturated heterocycles. The first-order chi connectivity index (χ1) is 8.17. The summed E-state index contributed by atoms with van der Waals surface area (Å²) in [6, 6.07) is 9.12. The van der Waals surface area contributed by atoms with E-state index in [2.05, 4.69) is 9.97 Å². The minimum atomic E-state index is 0.232. The van der Waals surface area contributed by atoms with Crippen LogP contribution in [0.4, 0.5) is 5.82 Å². The maximum absolute atomic E-state index is 5.61. The highest BCUT2D eigenvalue weighted by atomic mass is 16.5. The van der Waals surface area contributed by atoms with E-state index in [0.29, 0.717) is 17.3 Å².